The van der Waals surface area contributed by atoms with Gasteiger partial charge in [0.2, 0.25) is 10.0 Å². The molecule has 3 aromatic rings. The Kier molecular flexibility index (Phi) is 7.60. The molecule has 3 rings (SSSR count). The summed E-state index contributed by atoms with van der Waals surface area (Å²) >= 11 is 0. The lowest BCUT2D eigenvalue weighted by molar-refractivity contribution is -0.385. The Morgan fingerprint density at radius 1 is 1.03 bits per heavy atom. The Bertz CT molecular complexity index is 1360. The number of amides is 1. The molecule has 0 aromatic heterocycles. The first kappa shape index (κ1) is 25.5. The minimum Gasteiger partial charge on any atom is -0.493 e. The van der Waals surface area contributed by atoms with Gasteiger partial charge < -0.3 is 14.8 Å². The molecule has 1 N–H and O–H groups in total. The minimum atomic E-state index is -3.85. The van der Waals surface area contributed by atoms with Gasteiger partial charge >= 0.3 is 0 Å². The number of carbonyl (C=O) groups is 1. The smallest absolute Gasteiger partial charge is 0.274 e. The molecule has 0 radical (unpaired) electrons. The van der Waals surface area contributed by atoms with Crippen molar-refractivity contribution in [3.05, 3.63) is 87.5 Å². The van der Waals surface area contributed by atoms with Gasteiger partial charge in [0, 0.05) is 12.1 Å². The predicted molar refractivity (Wildman–Crippen MR) is 133 cm³/mol. The Morgan fingerprint density at radius 3 is 2.23 bits per heavy atom. The number of nitrogens with one attached hydrogen (secondary N) is 1. The van der Waals surface area contributed by atoms with E-state index < -0.39 is 20.9 Å². The molecular weight excluding hydrogens is 474 g/mol. The van der Waals surface area contributed by atoms with Crippen molar-refractivity contribution >= 4 is 33.0 Å². The van der Waals surface area contributed by atoms with Crippen molar-refractivity contribution < 1.29 is 27.6 Å². The van der Waals surface area contributed by atoms with Crippen molar-refractivity contribution in [3.8, 4) is 11.5 Å². The Hall–Kier alpha value is -4.12. The molecule has 0 aliphatic rings. The zero-order valence-electron chi connectivity index (χ0n) is 19.6. The highest BCUT2D eigenvalue weighted by Crippen LogP contribution is 2.37. The summed E-state index contributed by atoms with van der Waals surface area (Å²) in [5.41, 5.74) is 1.08. The van der Waals surface area contributed by atoms with Gasteiger partial charge in [-0.3, -0.25) is 19.2 Å². The molecule has 3 aromatic carbocycles. The summed E-state index contributed by atoms with van der Waals surface area (Å²) in [4.78, 5) is 24.2. The van der Waals surface area contributed by atoms with Crippen LogP contribution in [0.4, 0.5) is 17.1 Å². The number of hydrogen-bond donors (Lipinski definition) is 1. The molecule has 0 spiro atoms. The fourth-order valence-electron chi connectivity index (χ4n) is 3.53. The fourth-order valence-corrected chi connectivity index (χ4v) is 4.43. The summed E-state index contributed by atoms with van der Waals surface area (Å²) in [6.07, 6.45) is 1.04. The SMILES string of the molecule is COc1cc(C(=O)Nc2cccc([N+](=O)[O-])c2C)c(N(Cc2ccccc2)S(C)(=O)=O)cc1OC. The molecule has 0 bridgehead atoms. The number of nitro groups is 1. The maximum atomic E-state index is 13.4. The number of anilines is 2. The first-order chi connectivity index (χ1) is 16.6. The van der Waals surface area contributed by atoms with Crippen molar-refractivity contribution in [1.29, 1.82) is 0 Å². The van der Waals surface area contributed by atoms with E-state index in [9.17, 15) is 23.3 Å². The zero-order chi connectivity index (χ0) is 25.8. The van der Waals surface area contributed by atoms with Crippen LogP contribution in [-0.4, -0.2) is 39.7 Å². The summed E-state index contributed by atoms with van der Waals surface area (Å²) in [5, 5.41) is 14.0. The highest BCUT2D eigenvalue weighted by molar-refractivity contribution is 7.92. The van der Waals surface area contributed by atoms with E-state index in [1.54, 1.807) is 24.3 Å². The number of sulfonamides is 1. The van der Waals surface area contributed by atoms with Crippen LogP contribution >= 0.6 is 0 Å². The quantitative estimate of drug-likeness (QED) is 0.346. The van der Waals surface area contributed by atoms with Gasteiger partial charge in [-0.25, -0.2) is 8.42 Å². The first-order valence-corrected chi connectivity index (χ1v) is 12.2. The number of rotatable bonds is 9. The van der Waals surface area contributed by atoms with E-state index in [0.29, 0.717) is 5.56 Å². The fraction of sp³-hybridized carbons (Fsp3) is 0.208. The van der Waals surface area contributed by atoms with E-state index in [4.69, 9.17) is 9.47 Å². The van der Waals surface area contributed by atoms with Gasteiger partial charge in [-0.2, -0.15) is 0 Å². The molecule has 1 amide bonds. The standard InChI is InChI=1S/C24H25N3O7S/c1-16-19(11-8-12-20(16)27(29)30)25-24(28)18-13-22(33-2)23(34-3)14-21(18)26(35(4,31)32)15-17-9-6-5-7-10-17/h5-14H,15H2,1-4H3,(H,25,28). The number of carbonyl (C=O) groups excluding carboxylic acids is 1. The van der Waals surface area contributed by atoms with Crippen LogP contribution in [0.3, 0.4) is 0 Å². The summed E-state index contributed by atoms with van der Waals surface area (Å²) in [7, 11) is -1.06. The number of ether oxygens (including phenoxy) is 2. The van der Waals surface area contributed by atoms with E-state index >= 15 is 0 Å². The zero-order valence-corrected chi connectivity index (χ0v) is 20.5. The molecule has 184 valence electrons. The lowest BCUT2D eigenvalue weighted by atomic mass is 10.1. The van der Waals surface area contributed by atoms with E-state index in [1.807, 2.05) is 6.07 Å². The average Bonchev–Trinajstić information content (AvgIpc) is 2.82. The van der Waals surface area contributed by atoms with Crippen LogP contribution in [0.25, 0.3) is 0 Å². The number of nitrogens with zero attached hydrogens (tertiary/aromatic N) is 2. The molecule has 11 heteroatoms. The Morgan fingerprint density at radius 2 is 1.66 bits per heavy atom. The maximum Gasteiger partial charge on any atom is 0.274 e. The monoisotopic (exact) mass is 499 g/mol. The number of methoxy groups -OCH3 is 2. The van der Waals surface area contributed by atoms with Crippen LogP contribution in [0, 0.1) is 17.0 Å². The molecule has 0 saturated carbocycles. The van der Waals surface area contributed by atoms with Gasteiger partial charge in [0.25, 0.3) is 11.6 Å². The highest BCUT2D eigenvalue weighted by Gasteiger charge is 2.27. The Labute approximate surface area is 203 Å². The van der Waals surface area contributed by atoms with Gasteiger partial charge in [-0.15, -0.1) is 0 Å². The van der Waals surface area contributed by atoms with Crippen LogP contribution in [-0.2, 0) is 16.6 Å². The van der Waals surface area contributed by atoms with Crippen LogP contribution < -0.4 is 19.1 Å². The molecule has 0 aliphatic heterocycles. The third kappa shape index (κ3) is 5.69. The van der Waals surface area contributed by atoms with Gasteiger partial charge in [-0.05, 0) is 24.6 Å². The lowest BCUT2D eigenvalue weighted by Gasteiger charge is -2.26. The normalized spacial score (nSPS) is 11.0. The van der Waals surface area contributed by atoms with Crippen molar-refractivity contribution in [2.75, 3.05) is 30.1 Å². The molecule has 0 saturated heterocycles. The molecule has 0 fully saturated rings. The largest absolute Gasteiger partial charge is 0.493 e. The molecule has 0 atom stereocenters. The van der Waals surface area contributed by atoms with Crippen molar-refractivity contribution in [2.24, 2.45) is 0 Å². The minimum absolute atomic E-state index is 0.0186. The molecule has 10 nitrogen and oxygen atoms in total. The molecule has 0 aliphatic carbocycles. The second-order valence-corrected chi connectivity index (χ2v) is 9.55. The average molecular weight is 500 g/mol. The molecule has 35 heavy (non-hydrogen) atoms. The summed E-state index contributed by atoms with van der Waals surface area (Å²) in [5.74, 6) is -0.233. The van der Waals surface area contributed by atoms with Crippen LogP contribution in [0.15, 0.2) is 60.7 Å². The van der Waals surface area contributed by atoms with Crippen molar-refractivity contribution in [1.82, 2.24) is 0 Å². The lowest BCUT2D eigenvalue weighted by Crippen LogP contribution is -2.31. The van der Waals surface area contributed by atoms with Crippen LogP contribution in [0.2, 0.25) is 0 Å². The van der Waals surface area contributed by atoms with Crippen LogP contribution in [0.1, 0.15) is 21.5 Å². The summed E-state index contributed by atoms with van der Waals surface area (Å²) < 4.78 is 37.5. The van der Waals surface area contributed by atoms with Gasteiger partial charge in [0.15, 0.2) is 11.5 Å². The van der Waals surface area contributed by atoms with Gasteiger partial charge in [-0.1, -0.05) is 36.4 Å². The second kappa shape index (κ2) is 10.4. The highest BCUT2D eigenvalue weighted by atomic mass is 32.2. The number of hydrogen-bond acceptors (Lipinski definition) is 7. The second-order valence-electron chi connectivity index (χ2n) is 7.64. The van der Waals surface area contributed by atoms with E-state index in [1.165, 1.54) is 51.5 Å². The first-order valence-electron chi connectivity index (χ1n) is 10.4. The Balaban J connectivity index is 2.15. The van der Waals surface area contributed by atoms with E-state index in [2.05, 4.69) is 5.32 Å². The van der Waals surface area contributed by atoms with Crippen molar-refractivity contribution in [3.63, 3.8) is 0 Å². The molecule has 0 unspecified atom stereocenters. The predicted octanol–water partition coefficient (Wildman–Crippen LogP) is 4.14. The van der Waals surface area contributed by atoms with Crippen molar-refractivity contribution in [2.45, 2.75) is 13.5 Å². The maximum absolute atomic E-state index is 13.4. The molecular formula is C24H25N3O7S. The van der Waals surface area contributed by atoms with Gasteiger partial charge in [0.05, 0.1) is 54.4 Å². The van der Waals surface area contributed by atoms with E-state index in [0.717, 1.165) is 10.6 Å². The third-order valence-electron chi connectivity index (χ3n) is 5.33. The van der Waals surface area contributed by atoms with E-state index in [-0.39, 0.29) is 46.2 Å². The number of nitro benzene ring substituents is 1. The number of benzene rings is 3. The topological polar surface area (TPSA) is 128 Å². The van der Waals surface area contributed by atoms with Crippen LogP contribution in [0.5, 0.6) is 11.5 Å². The summed E-state index contributed by atoms with van der Waals surface area (Å²) in [6, 6.07) is 16.0. The van der Waals surface area contributed by atoms with Gasteiger partial charge in [0.1, 0.15) is 0 Å². The third-order valence-corrected chi connectivity index (χ3v) is 6.46. The molecule has 0 heterocycles. The summed E-state index contributed by atoms with van der Waals surface area (Å²) in [6.45, 7) is 1.48.